The van der Waals surface area contributed by atoms with E-state index in [1.54, 1.807) is 25.3 Å². The summed E-state index contributed by atoms with van der Waals surface area (Å²) in [4.78, 5) is 19.2. The second-order valence-electron chi connectivity index (χ2n) is 6.45. The third-order valence-corrected chi connectivity index (χ3v) is 4.69. The number of piperidine rings is 1. The molecule has 0 bridgehead atoms. The van der Waals surface area contributed by atoms with E-state index in [1.165, 1.54) is 0 Å². The second kappa shape index (κ2) is 7.33. The van der Waals surface area contributed by atoms with Crippen molar-refractivity contribution in [3.8, 4) is 11.5 Å². The number of fused-ring (bicyclic) bond motifs is 1. The Hall–Kier alpha value is -2.61. The van der Waals surface area contributed by atoms with Crippen LogP contribution >= 0.6 is 0 Å². The quantitative estimate of drug-likeness (QED) is 0.807. The van der Waals surface area contributed by atoms with Gasteiger partial charge in [-0.25, -0.2) is 0 Å². The third-order valence-electron chi connectivity index (χ3n) is 4.69. The highest BCUT2D eigenvalue weighted by molar-refractivity contribution is 5.95. The van der Waals surface area contributed by atoms with Crippen LogP contribution in [0.4, 0.5) is 0 Å². The van der Waals surface area contributed by atoms with E-state index in [4.69, 9.17) is 18.7 Å². The highest BCUT2D eigenvalue weighted by Gasteiger charge is 2.29. The highest BCUT2D eigenvalue weighted by atomic mass is 16.7. The van der Waals surface area contributed by atoms with Gasteiger partial charge in [-0.3, -0.25) is 4.79 Å². The lowest BCUT2D eigenvalue weighted by molar-refractivity contribution is 0.0695. The summed E-state index contributed by atoms with van der Waals surface area (Å²) in [6.07, 6.45) is 2.44. The Balaban J connectivity index is 1.44. The first kappa shape index (κ1) is 16.8. The van der Waals surface area contributed by atoms with E-state index in [0.29, 0.717) is 54.9 Å². The standard InChI is InChI=1S/C18H21N3O5/c1-23-8-6-16-19-17(26-20-16)13-3-2-7-21(10-13)18(22)12-4-5-14-15(9-12)25-11-24-14/h4-5,9,13H,2-3,6-8,10-11H2,1H3. The molecule has 2 aromatic rings. The summed E-state index contributed by atoms with van der Waals surface area (Å²) < 4.78 is 21.1. The fourth-order valence-corrected chi connectivity index (χ4v) is 3.30. The normalized spacial score (nSPS) is 19.0. The number of ether oxygens (including phenoxy) is 3. The Morgan fingerprint density at radius 2 is 2.23 bits per heavy atom. The lowest BCUT2D eigenvalue weighted by Crippen LogP contribution is -2.39. The van der Waals surface area contributed by atoms with Gasteiger partial charge in [0.25, 0.3) is 5.91 Å². The van der Waals surface area contributed by atoms with Crippen LogP contribution in [0.15, 0.2) is 22.7 Å². The van der Waals surface area contributed by atoms with E-state index < -0.39 is 0 Å². The van der Waals surface area contributed by atoms with Crippen molar-refractivity contribution in [1.82, 2.24) is 15.0 Å². The molecule has 1 unspecified atom stereocenters. The molecule has 1 atom stereocenters. The second-order valence-corrected chi connectivity index (χ2v) is 6.45. The first-order valence-electron chi connectivity index (χ1n) is 8.75. The predicted octanol–water partition coefficient (Wildman–Crippen LogP) is 2.01. The molecule has 138 valence electrons. The minimum absolute atomic E-state index is 0.0212. The fraction of sp³-hybridized carbons (Fsp3) is 0.500. The molecule has 3 heterocycles. The molecule has 1 saturated heterocycles. The molecule has 1 amide bonds. The van der Waals surface area contributed by atoms with Crippen LogP contribution in [0.2, 0.25) is 0 Å². The van der Waals surface area contributed by atoms with Crippen molar-refractivity contribution in [2.75, 3.05) is 33.6 Å². The Bertz CT molecular complexity index is 791. The molecule has 8 heteroatoms. The van der Waals surface area contributed by atoms with Gasteiger partial charge in [0.2, 0.25) is 12.7 Å². The Morgan fingerprint density at radius 3 is 3.12 bits per heavy atom. The number of methoxy groups -OCH3 is 1. The molecule has 1 fully saturated rings. The van der Waals surface area contributed by atoms with Crippen LogP contribution in [0.3, 0.4) is 0 Å². The maximum atomic E-state index is 12.9. The monoisotopic (exact) mass is 359 g/mol. The third kappa shape index (κ3) is 3.37. The van der Waals surface area contributed by atoms with E-state index in [-0.39, 0.29) is 18.6 Å². The number of nitrogens with zero attached hydrogens (tertiary/aromatic N) is 3. The van der Waals surface area contributed by atoms with Gasteiger partial charge in [0, 0.05) is 32.2 Å². The molecule has 1 aromatic heterocycles. The summed E-state index contributed by atoms with van der Waals surface area (Å²) in [6, 6.07) is 5.29. The average Bonchev–Trinajstić information content (AvgIpc) is 3.34. The van der Waals surface area contributed by atoms with Crippen molar-refractivity contribution < 1.29 is 23.5 Å². The zero-order valence-corrected chi connectivity index (χ0v) is 14.6. The molecule has 0 saturated carbocycles. The topological polar surface area (TPSA) is 86.9 Å². The van der Waals surface area contributed by atoms with Crippen LogP contribution in [0.1, 0.15) is 40.8 Å². The van der Waals surface area contributed by atoms with Crippen molar-refractivity contribution in [2.24, 2.45) is 0 Å². The number of hydrogen-bond donors (Lipinski definition) is 0. The number of carbonyl (C=O) groups is 1. The Morgan fingerprint density at radius 1 is 1.35 bits per heavy atom. The minimum atomic E-state index is -0.0212. The number of hydrogen-bond acceptors (Lipinski definition) is 7. The van der Waals surface area contributed by atoms with Gasteiger partial charge in [-0.15, -0.1) is 0 Å². The number of rotatable bonds is 5. The van der Waals surface area contributed by atoms with Crippen molar-refractivity contribution in [3.05, 3.63) is 35.5 Å². The predicted molar refractivity (Wildman–Crippen MR) is 90.3 cm³/mol. The fourth-order valence-electron chi connectivity index (χ4n) is 3.30. The number of likely N-dealkylation sites (tertiary alicyclic amines) is 1. The molecule has 2 aliphatic rings. The van der Waals surface area contributed by atoms with Crippen molar-refractivity contribution >= 4 is 5.91 Å². The molecular formula is C18H21N3O5. The molecule has 0 spiro atoms. The van der Waals surface area contributed by atoms with Gasteiger partial charge in [-0.1, -0.05) is 5.16 Å². The van der Waals surface area contributed by atoms with Crippen LogP contribution in [0.5, 0.6) is 11.5 Å². The smallest absolute Gasteiger partial charge is 0.254 e. The molecule has 2 aliphatic heterocycles. The van der Waals surface area contributed by atoms with Gasteiger partial charge in [-0.2, -0.15) is 4.98 Å². The van der Waals surface area contributed by atoms with Gasteiger partial charge in [-0.05, 0) is 31.0 Å². The van der Waals surface area contributed by atoms with Crippen LogP contribution in [-0.2, 0) is 11.2 Å². The van der Waals surface area contributed by atoms with E-state index >= 15 is 0 Å². The van der Waals surface area contributed by atoms with Gasteiger partial charge >= 0.3 is 0 Å². The van der Waals surface area contributed by atoms with Gasteiger partial charge in [0.05, 0.1) is 12.5 Å². The van der Waals surface area contributed by atoms with Crippen LogP contribution < -0.4 is 9.47 Å². The molecular weight excluding hydrogens is 338 g/mol. The molecule has 0 aliphatic carbocycles. The van der Waals surface area contributed by atoms with Crippen molar-refractivity contribution in [1.29, 1.82) is 0 Å². The molecule has 0 radical (unpaired) electrons. The average molecular weight is 359 g/mol. The SMILES string of the molecule is COCCc1noc(C2CCCN(C(=O)c3ccc4c(c3)OCO4)C2)n1. The van der Waals surface area contributed by atoms with Gasteiger partial charge in [0.1, 0.15) is 0 Å². The summed E-state index contributed by atoms with van der Waals surface area (Å²) in [6.45, 7) is 2.04. The van der Waals surface area contributed by atoms with Gasteiger partial charge < -0.3 is 23.6 Å². The van der Waals surface area contributed by atoms with Crippen LogP contribution in [-0.4, -0.2) is 54.5 Å². The van der Waals surface area contributed by atoms with Crippen LogP contribution in [0, 0.1) is 0 Å². The number of aromatic nitrogens is 2. The maximum absolute atomic E-state index is 12.9. The lowest BCUT2D eigenvalue weighted by atomic mass is 9.97. The lowest BCUT2D eigenvalue weighted by Gasteiger charge is -2.31. The summed E-state index contributed by atoms with van der Waals surface area (Å²) >= 11 is 0. The minimum Gasteiger partial charge on any atom is -0.454 e. The Labute approximate surface area is 151 Å². The molecule has 0 N–H and O–H groups in total. The zero-order valence-electron chi connectivity index (χ0n) is 14.6. The summed E-state index contributed by atoms with van der Waals surface area (Å²) in [5.74, 6) is 2.56. The summed E-state index contributed by atoms with van der Waals surface area (Å²) in [5, 5.41) is 4.00. The van der Waals surface area contributed by atoms with Crippen molar-refractivity contribution in [3.63, 3.8) is 0 Å². The molecule has 26 heavy (non-hydrogen) atoms. The summed E-state index contributed by atoms with van der Waals surface area (Å²) in [7, 11) is 1.64. The largest absolute Gasteiger partial charge is 0.454 e. The van der Waals surface area contributed by atoms with E-state index in [0.717, 1.165) is 12.8 Å². The first-order chi connectivity index (χ1) is 12.7. The summed E-state index contributed by atoms with van der Waals surface area (Å²) in [5.41, 5.74) is 0.598. The number of benzene rings is 1. The number of carbonyl (C=O) groups excluding carboxylic acids is 1. The maximum Gasteiger partial charge on any atom is 0.254 e. The number of amides is 1. The van der Waals surface area contributed by atoms with Crippen molar-refractivity contribution in [2.45, 2.75) is 25.2 Å². The molecule has 4 rings (SSSR count). The van der Waals surface area contributed by atoms with E-state index in [1.807, 2.05) is 4.90 Å². The molecule has 8 nitrogen and oxygen atoms in total. The molecule has 1 aromatic carbocycles. The Kier molecular flexibility index (Phi) is 4.75. The van der Waals surface area contributed by atoms with Crippen LogP contribution in [0.25, 0.3) is 0 Å². The zero-order chi connectivity index (χ0) is 17.9. The first-order valence-corrected chi connectivity index (χ1v) is 8.75. The highest BCUT2D eigenvalue weighted by Crippen LogP contribution is 2.33. The van der Waals surface area contributed by atoms with E-state index in [9.17, 15) is 4.79 Å². The van der Waals surface area contributed by atoms with Gasteiger partial charge in [0.15, 0.2) is 17.3 Å². The van der Waals surface area contributed by atoms with E-state index in [2.05, 4.69) is 10.1 Å².